The highest BCUT2D eigenvalue weighted by Crippen LogP contribution is 2.25. The van der Waals surface area contributed by atoms with Crippen molar-refractivity contribution < 1.29 is 9.59 Å². The Morgan fingerprint density at radius 3 is 2.62 bits per heavy atom. The van der Waals surface area contributed by atoms with Crippen molar-refractivity contribution in [3.05, 3.63) is 35.9 Å². The molecule has 1 aromatic carbocycles. The summed E-state index contributed by atoms with van der Waals surface area (Å²) in [5.41, 5.74) is 7.30. The smallest absolute Gasteiger partial charge is 0.227 e. The quantitative estimate of drug-likeness (QED) is 0.918. The third kappa shape index (κ3) is 3.46. The second-order valence-electron chi connectivity index (χ2n) is 7.00. The summed E-state index contributed by atoms with van der Waals surface area (Å²) in [6, 6.07) is 9.66. The highest BCUT2D eigenvalue weighted by atomic mass is 16.2. The second-order valence-corrected chi connectivity index (χ2v) is 7.00. The fourth-order valence-corrected chi connectivity index (χ4v) is 3.87. The molecule has 3 unspecified atom stereocenters. The molecule has 3 atom stereocenters. The zero-order valence-electron chi connectivity index (χ0n) is 14.4. The largest absolute Gasteiger partial charge is 0.340 e. The molecule has 5 nitrogen and oxygen atoms in total. The molecule has 130 valence electrons. The van der Waals surface area contributed by atoms with E-state index < -0.39 is 0 Å². The van der Waals surface area contributed by atoms with Crippen molar-refractivity contribution >= 4 is 11.8 Å². The first kappa shape index (κ1) is 17.0. The fraction of sp³-hybridized carbons (Fsp3) is 0.579. The lowest BCUT2D eigenvalue weighted by Gasteiger charge is -2.39. The molecule has 1 aromatic rings. The zero-order chi connectivity index (χ0) is 17.1. The average Bonchev–Trinajstić information content (AvgIpc) is 3.06. The summed E-state index contributed by atoms with van der Waals surface area (Å²) in [5.74, 6) is 0.0754. The van der Waals surface area contributed by atoms with Gasteiger partial charge in [0.25, 0.3) is 0 Å². The predicted octanol–water partition coefficient (Wildman–Crippen LogP) is 1.94. The number of carbonyl (C=O) groups excluding carboxylic acids is 2. The summed E-state index contributed by atoms with van der Waals surface area (Å²) in [5, 5.41) is 0. The van der Waals surface area contributed by atoms with Crippen molar-refractivity contribution in [1.82, 2.24) is 9.80 Å². The lowest BCUT2D eigenvalue weighted by molar-refractivity contribution is -0.140. The molecular formula is C19H27N3O2. The molecule has 2 aliphatic rings. The van der Waals surface area contributed by atoms with Crippen LogP contribution in [0, 0.1) is 5.92 Å². The molecule has 2 heterocycles. The van der Waals surface area contributed by atoms with Crippen molar-refractivity contribution in [1.29, 1.82) is 0 Å². The first-order valence-corrected chi connectivity index (χ1v) is 8.96. The first-order valence-electron chi connectivity index (χ1n) is 8.96. The van der Waals surface area contributed by atoms with Crippen LogP contribution in [-0.2, 0) is 9.59 Å². The standard InChI is InChI=1S/C19H27N3O2/c1-14(18(20)15-7-3-2-4-8-15)19(24)21-11-5-9-16(13-21)22-12-6-10-17(22)23/h2-4,7-8,14,16,18H,5-6,9-13,20H2,1H3. The van der Waals surface area contributed by atoms with Gasteiger partial charge in [-0.1, -0.05) is 37.3 Å². The van der Waals surface area contributed by atoms with Gasteiger partial charge in [0.15, 0.2) is 0 Å². The number of rotatable bonds is 4. The maximum absolute atomic E-state index is 12.9. The molecule has 0 radical (unpaired) electrons. The average molecular weight is 329 g/mol. The Labute approximate surface area is 143 Å². The number of amides is 2. The molecule has 0 aromatic heterocycles. The molecule has 0 bridgehead atoms. The van der Waals surface area contributed by atoms with Crippen LogP contribution in [0.25, 0.3) is 0 Å². The number of hydrogen-bond acceptors (Lipinski definition) is 3. The van der Waals surface area contributed by atoms with E-state index in [9.17, 15) is 9.59 Å². The molecule has 5 heteroatoms. The van der Waals surface area contributed by atoms with E-state index in [2.05, 4.69) is 0 Å². The van der Waals surface area contributed by atoms with Crippen molar-refractivity contribution in [3.63, 3.8) is 0 Å². The summed E-state index contributed by atoms with van der Waals surface area (Å²) in [6.07, 6.45) is 3.54. The fourth-order valence-electron chi connectivity index (χ4n) is 3.87. The van der Waals surface area contributed by atoms with E-state index >= 15 is 0 Å². The number of piperidine rings is 1. The van der Waals surface area contributed by atoms with Gasteiger partial charge in [-0.05, 0) is 24.8 Å². The Morgan fingerprint density at radius 2 is 1.96 bits per heavy atom. The SMILES string of the molecule is CC(C(=O)N1CCCC(N2CCCC2=O)C1)C(N)c1ccccc1. The molecule has 0 spiro atoms. The molecule has 24 heavy (non-hydrogen) atoms. The maximum atomic E-state index is 12.9. The van der Waals surface area contributed by atoms with Crippen molar-refractivity contribution in [3.8, 4) is 0 Å². The molecule has 0 saturated carbocycles. The van der Waals surface area contributed by atoms with E-state index in [0.717, 1.165) is 37.9 Å². The third-order valence-corrected chi connectivity index (χ3v) is 5.37. The molecule has 2 saturated heterocycles. The minimum Gasteiger partial charge on any atom is -0.340 e. The van der Waals surface area contributed by atoms with E-state index in [-0.39, 0.29) is 29.8 Å². The summed E-state index contributed by atoms with van der Waals surface area (Å²) in [4.78, 5) is 28.8. The minimum absolute atomic E-state index is 0.0997. The number of likely N-dealkylation sites (tertiary alicyclic amines) is 2. The van der Waals surface area contributed by atoms with Gasteiger partial charge < -0.3 is 15.5 Å². The minimum atomic E-state index is -0.299. The zero-order valence-corrected chi connectivity index (χ0v) is 14.4. The molecule has 2 amide bonds. The van der Waals surface area contributed by atoms with Crippen molar-refractivity contribution in [2.24, 2.45) is 11.7 Å². The highest BCUT2D eigenvalue weighted by Gasteiger charge is 2.35. The van der Waals surface area contributed by atoms with Gasteiger partial charge in [-0.15, -0.1) is 0 Å². The number of nitrogens with zero attached hydrogens (tertiary/aromatic N) is 2. The monoisotopic (exact) mass is 329 g/mol. The maximum Gasteiger partial charge on any atom is 0.227 e. The Kier molecular flexibility index (Phi) is 5.19. The Balaban J connectivity index is 1.64. The first-order chi connectivity index (χ1) is 11.6. The van der Waals surface area contributed by atoms with Gasteiger partial charge in [0.05, 0.1) is 5.92 Å². The predicted molar refractivity (Wildman–Crippen MR) is 93.1 cm³/mol. The van der Waals surface area contributed by atoms with Crippen LogP contribution in [0.3, 0.4) is 0 Å². The van der Waals surface area contributed by atoms with E-state index in [1.165, 1.54) is 0 Å². The van der Waals surface area contributed by atoms with Crippen LogP contribution in [0.15, 0.2) is 30.3 Å². The lowest BCUT2D eigenvalue weighted by Crippen LogP contribution is -2.52. The van der Waals surface area contributed by atoms with Crippen LogP contribution < -0.4 is 5.73 Å². The summed E-state index contributed by atoms with van der Waals surface area (Å²) < 4.78 is 0. The van der Waals surface area contributed by atoms with Crippen LogP contribution in [0.2, 0.25) is 0 Å². The number of carbonyl (C=O) groups is 2. The summed E-state index contributed by atoms with van der Waals surface area (Å²) >= 11 is 0. The number of benzene rings is 1. The summed E-state index contributed by atoms with van der Waals surface area (Å²) in [7, 11) is 0. The normalized spacial score (nSPS) is 24.1. The molecular weight excluding hydrogens is 302 g/mol. The van der Waals surface area contributed by atoms with Gasteiger partial charge in [0.1, 0.15) is 0 Å². The van der Waals surface area contributed by atoms with Gasteiger partial charge >= 0.3 is 0 Å². The third-order valence-electron chi connectivity index (χ3n) is 5.37. The van der Waals surface area contributed by atoms with Gasteiger partial charge in [-0.2, -0.15) is 0 Å². The van der Waals surface area contributed by atoms with Crippen LogP contribution in [0.4, 0.5) is 0 Å². The van der Waals surface area contributed by atoms with Crippen LogP contribution >= 0.6 is 0 Å². The van der Waals surface area contributed by atoms with E-state index in [0.29, 0.717) is 13.0 Å². The summed E-state index contributed by atoms with van der Waals surface area (Å²) in [6.45, 7) is 4.16. The topological polar surface area (TPSA) is 66.6 Å². The van der Waals surface area contributed by atoms with Gasteiger partial charge in [-0.25, -0.2) is 0 Å². The van der Waals surface area contributed by atoms with E-state index in [1.54, 1.807) is 0 Å². The van der Waals surface area contributed by atoms with Gasteiger partial charge in [0, 0.05) is 38.1 Å². The highest BCUT2D eigenvalue weighted by molar-refractivity contribution is 5.80. The Hall–Kier alpha value is -1.88. The van der Waals surface area contributed by atoms with Crippen molar-refractivity contribution in [2.45, 2.75) is 44.7 Å². The molecule has 2 N–H and O–H groups in total. The van der Waals surface area contributed by atoms with Gasteiger partial charge in [0.2, 0.25) is 11.8 Å². The number of hydrogen-bond donors (Lipinski definition) is 1. The molecule has 3 rings (SSSR count). The van der Waals surface area contributed by atoms with Crippen LogP contribution in [0.1, 0.15) is 44.2 Å². The Morgan fingerprint density at radius 1 is 1.21 bits per heavy atom. The van der Waals surface area contributed by atoms with Crippen molar-refractivity contribution in [2.75, 3.05) is 19.6 Å². The van der Waals surface area contributed by atoms with E-state index in [4.69, 9.17) is 5.73 Å². The molecule has 0 aliphatic carbocycles. The second kappa shape index (κ2) is 7.34. The number of nitrogens with two attached hydrogens (primary N) is 1. The van der Waals surface area contributed by atoms with Crippen LogP contribution in [0.5, 0.6) is 0 Å². The van der Waals surface area contributed by atoms with Crippen LogP contribution in [-0.4, -0.2) is 47.3 Å². The molecule has 2 fully saturated rings. The lowest BCUT2D eigenvalue weighted by atomic mass is 9.93. The molecule has 2 aliphatic heterocycles. The van der Waals surface area contributed by atoms with Gasteiger partial charge in [-0.3, -0.25) is 9.59 Å². The van der Waals surface area contributed by atoms with E-state index in [1.807, 2.05) is 47.1 Å². The Bertz CT molecular complexity index is 590.